The van der Waals surface area contributed by atoms with E-state index >= 15 is 0 Å². The Labute approximate surface area is 140 Å². The van der Waals surface area contributed by atoms with Crippen molar-refractivity contribution in [1.82, 2.24) is 0 Å². The molecule has 0 aliphatic heterocycles. The van der Waals surface area contributed by atoms with Crippen molar-refractivity contribution in [3.8, 4) is 0 Å². The minimum atomic E-state index is -3.38. The van der Waals surface area contributed by atoms with E-state index in [1.807, 2.05) is 0 Å². The van der Waals surface area contributed by atoms with Crippen LogP contribution in [0.4, 0.5) is 0 Å². The lowest BCUT2D eigenvalue weighted by Gasteiger charge is -2.46. The standard InChI is InChI=1S/C12H22O13/c13-1-2(14)3(15)4(16)8(20)11(23)25-12(24)9(21)6(18)5(17)7(19)10(12)22/h2-10,13-22,24H,1H2/t2?,3?,4?,5?,6-,7+,8?,9-,10-,12?/m1/s1. The Morgan fingerprint density at radius 3 is 1.72 bits per heavy atom. The molecule has 0 spiro atoms. The normalized spacial score (nSPS) is 40.8. The highest BCUT2D eigenvalue weighted by Crippen LogP contribution is 2.32. The second kappa shape index (κ2) is 8.15. The molecule has 1 saturated carbocycles. The molecule has 0 heterocycles. The van der Waals surface area contributed by atoms with E-state index in [1.54, 1.807) is 0 Å². The van der Waals surface area contributed by atoms with Gasteiger partial charge in [-0.15, -0.1) is 0 Å². The molecule has 0 bridgehead atoms. The van der Waals surface area contributed by atoms with Crippen LogP contribution >= 0.6 is 0 Å². The molecule has 0 amide bonds. The summed E-state index contributed by atoms with van der Waals surface area (Å²) >= 11 is 0. The molecule has 1 aliphatic carbocycles. The molecule has 25 heavy (non-hydrogen) atoms. The SMILES string of the molecule is O=C(OC1(O)[C@H](O)[C@H](O)C(O)[C@H](O)[C@H]1O)C(O)C(O)C(O)C(O)CO. The van der Waals surface area contributed by atoms with Crippen molar-refractivity contribution in [2.75, 3.05) is 6.61 Å². The van der Waals surface area contributed by atoms with Gasteiger partial charge in [0.1, 0.15) is 36.6 Å². The fraction of sp³-hybridized carbons (Fsp3) is 0.917. The van der Waals surface area contributed by atoms with Crippen LogP contribution in [0.25, 0.3) is 0 Å². The van der Waals surface area contributed by atoms with Gasteiger partial charge in [0.25, 0.3) is 5.79 Å². The third-order valence-electron chi connectivity index (χ3n) is 3.95. The zero-order chi connectivity index (χ0) is 19.7. The minimum Gasteiger partial charge on any atom is -0.425 e. The topological polar surface area (TPSA) is 249 Å². The summed E-state index contributed by atoms with van der Waals surface area (Å²) in [7, 11) is 0. The summed E-state index contributed by atoms with van der Waals surface area (Å²) in [6.07, 6.45) is -20.8. The van der Waals surface area contributed by atoms with E-state index in [9.17, 15) is 50.8 Å². The zero-order valence-electron chi connectivity index (χ0n) is 12.6. The average molecular weight is 374 g/mol. The molecule has 0 saturated heterocycles. The van der Waals surface area contributed by atoms with E-state index in [1.165, 1.54) is 0 Å². The van der Waals surface area contributed by atoms with E-state index in [0.717, 1.165) is 0 Å². The Hall–Kier alpha value is -0.970. The van der Waals surface area contributed by atoms with Gasteiger partial charge >= 0.3 is 5.97 Å². The summed E-state index contributed by atoms with van der Waals surface area (Å²) < 4.78 is 4.26. The van der Waals surface area contributed by atoms with Crippen LogP contribution in [-0.4, -0.2) is 129 Å². The van der Waals surface area contributed by atoms with E-state index in [-0.39, 0.29) is 0 Å². The first-order chi connectivity index (χ1) is 11.4. The summed E-state index contributed by atoms with van der Waals surface area (Å²) in [6, 6.07) is 0. The van der Waals surface area contributed by atoms with Gasteiger partial charge in [-0.05, 0) is 0 Å². The van der Waals surface area contributed by atoms with Crippen molar-refractivity contribution in [2.45, 2.75) is 60.7 Å². The molecule has 1 rings (SSSR count). The smallest absolute Gasteiger partial charge is 0.340 e. The van der Waals surface area contributed by atoms with Crippen LogP contribution in [0.3, 0.4) is 0 Å². The fourth-order valence-corrected chi connectivity index (χ4v) is 2.24. The molecule has 0 aromatic rings. The highest BCUT2D eigenvalue weighted by atomic mass is 16.7. The summed E-state index contributed by atoms with van der Waals surface area (Å²) in [5.41, 5.74) is 0. The van der Waals surface area contributed by atoms with Gasteiger partial charge < -0.3 is 60.9 Å². The first-order valence-electron chi connectivity index (χ1n) is 7.08. The Morgan fingerprint density at radius 1 is 0.880 bits per heavy atom. The van der Waals surface area contributed by atoms with Crippen molar-refractivity contribution in [2.24, 2.45) is 0 Å². The van der Waals surface area contributed by atoms with Gasteiger partial charge in [-0.25, -0.2) is 4.79 Å². The first kappa shape index (κ1) is 22.1. The van der Waals surface area contributed by atoms with Crippen LogP contribution in [0.1, 0.15) is 0 Å². The highest BCUT2D eigenvalue weighted by Gasteiger charge is 2.61. The molecule has 0 aromatic carbocycles. The van der Waals surface area contributed by atoms with Gasteiger partial charge in [-0.2, -0.15) is 0 Å². The second-order valence-electron chi connectivity index (χ2n) is 5.71. The molecule has 10 atom stereocenters. The number of ether oxygens (including phenoxy) is 1. The van der Waals surface area contributed by atoms with E-state index in [2.05, 4.69) is 4.74 Å². The van der Waals surface area contributed by atoms with E-state index in [4.69, 9.17) is 10.2 Å². The second-order valence-corrected chi connectivity index (χ2v) is 5.71. The predicted molar refractivity (Wildman–Crippen MR) is 72.2 cm³/mol. The number of aliphatic hydroxyl groups excluding tert-OH is 10. The molecule has 1 fully saturated rings. The molecule has 0 aromatic heterocycles. The van der Waals surface area contributed by atoms with Crippen molar-refractivity contribution in [1.29, 1.82) is 0 Å². The van der Waals surface area contributed by atoms with Crippen LogP contribution in [-0.2, 0) is 9.53 Å². The fourth-order valence-electron chi connectivity index (χ4n) is 2.24. The Morgan fingerprint density at radius 2 is 1.32 bits per heavy atom. The molecule has 6 unspecified atom stereocenters. The summed E-state index contributed by atoms with van der Waals surface area (Å²) in [5.74, 6) is -5.30. The molecule has 1 aliphatic rings. The van der Waals surface area contributed by atoms with Crippen LogP contribution < -0.4 is 0 Å². The van der Waals surface area contributed by atoms with E-state index < -0.39 is 73.3 Å². The summed E-state index contributed by atoms with van der Waals surface area (Å²) in [4.78, 5) is 11.8. The van der Waals surface area contributed by atoms with E-state index in [0.29, 0.717) is 0 Å². The van der Waals surface area contributed by atoms with Crippen molar-refractivity contribution in [3.63, 3.8) is 0 Å². The molecular weight excluding hydrogens is 352 g/mol. The maximum atomic E-state index is 11.8. The van der Waals surface area contributed by atoms with Crippen LogP contribution in [0.5, 0.6) is 0 Å². The summed E-state index contributed by atoms with van der Waals surface area (Å²) in [5, 5.41) is 104. The molecule has 13 nitrogen and oxygen atoms in total. The number of esters is 1. The number of hydrogen-bond acceptors (Lipinski definition) is 13. The Kier molecular flexibility index (Phi) is 7.20. The lowest BCUT2D eigenvalue weighted by Crippen LogP contribution is -2.72. The molecular formula is C12H22O13. The number of hydrogen-bond donors (Lipinski definition) is 11. The van der Waals surface area contributed by atoms with Crippen molar-refractivity contribution in [3.05, 3.63) is 0 Å². The zero-order valence-corrected chi connectivity index (χ0v) is 12.6. The molecule has 0 radical (unpaired) electrons. The number of rotatable bonds is 6. The first-order valence-corrected chi connectivity index (χ1v) is 7.08. The van der Waals surface area contributed by atoms with Crippen molar-refractivity contribution >= 4 is 5.97 Å². The monoisotopic (exact) mass is 374 g/mol. The average Bonchev–Trinajstić information content (AvgIpc) is 2.60. The van der Waals surface area contributed by atoms with Crippen LogP contribution in [0, 0.1) is 0 Å². The Balaban J connectivity index is 2.93. The lowest BCUT2D eigenvalue weighted by molar-refractivity contribution is -0.350. The third-order valence-corrected chi connectivity index (χ3v) is 3.95. The van der Waals surface area contributed by atoms with Gasteiger partial charge in [-0.1, -0.05) is 0 Å². The lowest BCUT2D eigenvalue weighted by atomic mass is 9.82. The van der Waals surface area contributed by atoms with Gasteiger partial charge in [0.05, 0.1) is 6.61 Å². The van der Waals surface area contributed by atoms with Gasteiger partial charge in [-0.3, -0.25) is 0 Å². The largest absolute Gasteiger partial charge is 0.425 e. The minimum absolute atomic E-state index is 1.03. The summed E-state index contributed by atoms with van der Waals surface area (Å²) in [6.45, 7) is -1.03. The number of carbonyl (C=O) groups excluding carboxylic acids is 1. The molecule has 11 N–H and O–H groups in total. The number of aliphatic hydroxyl groups is 11. The quantitative estimate of drug-likeness (QED) is 0.153. The highest BCUT2D eigenvalue weighted by molar-refractivity contribution is 5.75. The van der Waals surface area contributed by atoms with Crippen molar-refractivity contribution < 1.29 is 65.7 Å². The number of carbonyl (C=O) groups is 1. The molecule has 148 valence electrons. The maximum absolute atomic E-state index is 11.8. The van der Waals surface area contributed by atoms with Crippen LogP contribution in [0.15, 0.2) is 0 Å². The van der Waals surface area contributed by atoms with Gasteiger partial charge in [0.15, 0.2) is 18.3 Å². The predicted octanol–water partition coefficient (Wildman–Crippen LogP) is -7.53. The van der Waals surface area contributed by atoms with Crippen LogP contribution in [0.2, 0.25) is 0 Å². The Bertz CT molecular complexity index is 442. The third kappa shape index (κ3) is 4.07. The molecule has 13 heteroatoms. The van der Waals surface area contributed by atoms with Gasteiger partial charge in [0, 0.05) is 0 Å². The van der Waals surface area contributed by atoms with Gasteiger partial charge in [0.2, 0.25) is 0 Å². The maximum Gasteiger partial charge on any atom is 0.340 e.